The van der Waals surface area contributed by atoms with Crippen LogP contribution in [-0.4, -0.2) is 16.1 Å². The van der Waals surface area contributed by atoms with Crippen molar-refractivity contribution in [2.75, 3.05) is 0 Å². The minimum absolute atomic E-state index is 0.240. The molecule has 0 aliphatic heterocycles. The average molecular weight is 277 g/mol. The molecule has 1 saturated carbocycles. The quantitative estimate of drug-likeness (QED) is 0.927. The topological polar surface area (TPSA) is 50.2 Å². The maximum Gasteiger partial charge on any atom is 0.347 e. The average Bonchev–Trinajstić information content (AvgIpc) is 3.09. The minimum Gasteiger partial charge on any atom is -0.477 e. The number of hydrogen-bond acceptors (Lipinski definition) is 3. The first-order valence-electron chi connectivity index (χ1n) is 6.07. The summed E-state index contributed by atoms with van der Waals surface area (Å²) in [5.74, 6) is -1.09. The fourth-order valence-electron chi connectivity index (χ4n) is 2.03. The van der Waals surface area contributed by atoms with Gasteiger partial charge >= 0.3 is 5.97 Å². The summed E-state index contributed by atoms with van der Waals surface area (Å²) < 4.78 is 13.9. The third kappa shape index (κ3) is 2.26. The van der Waals surface area contributed by atoms with E-state index < -0.39 is 5.97 Å². The largest absolute Gasteiger partial charge is 0.477 e. The van der Waals surface area contributed by atoms with Gasteiger partial charge in [-0.05, 0) is 37.5 Å². The Morgan fingerprint density at radius 1 is 1.47 bits per heavy atom. The van der Waals surface area contributed by atoms with Crippen molar-refractivity contribution in [2.24, 2.45) is 0 Å². The van der Waals surface area contributed by atoms with E-state index in [1.807, 2.05) is 6.92 Å². The highest BCUT2D eigenvalue weighted by Crippen LogP contribution is 2.44. The van der Waals surface area contributed by atoms with Gasteiger partial charge in [-0.3, -0.25) is 0 Å². The van der Waals surface area contributed by atoms with Crippen molar-refractivity contribution in [3.63, 3.8) is 0 Å². The van der Waals surface area contributed by atoms with Crippen LogP contribution >= 0.6 is 11.3 Å². The predicted molar refractivity (Wildman–Crippen MR) is 71.2 cm³/mol. The van der Waals surface area contributed by atoms with E-state index in [1.165, 1.54) is 6.07 Å². The molecule has 19 heavy (non-hydrogen) atoms. The van der Waals surface area contributed by atoms with Crippen LogP contribution in [0.4, 0.5) is 4.39 Å². The molecule has 1 aromatic carbocycles. The Kier molecular flexibility index (Phi) is 2.86. The molecule has 3 rings (SSSR count). The monoisotopic (exact) mass is 277 g/mol. The molecule has 1 aliphatic rings. The second-order valence-electron chi connectivity index (χ2n) is 4.80. The molecule has 0 bridgehead atoms. The molecule has 0 saturated heterocycles. The molecule has 0 atom stereocenters. The molecule has 0 amide bonds. The van der Waals surface area contributed by atoms with Crippen LogP contribution in [0.15, 0.2) is 18.2 Å². The number of carboxylic acids is 1. The van der Waals surface area contributed by atoms with Gasteiger partial charge in [0.05, 0.1) is 5.69 Å². The van der Waals surface area contributed by atoms with Crippen LogP contribution in [0, 0.1) is 12.7 Å². The first-order valence-corrected chi connectivity index (χ1v) is 6.88. The van der Waals surface area contributed by atoms with Crippen LogP contribution in [0.1, 0.15) is 39.7 Å². The van der Waals surface area contributed by atoms with Crippen LogP contribution in [0.2, 0.25) is 0 Å². The summed E-state index contributed by atoms with van der Waals surface area (Å²) in [6.07, 6.45) is 1.94. The number of hydrogen-bond donors (Lipinski definition) is 1. The second-order valence-corrected chi connectivity index (χ2v) is 5.80. The van der Waals surface area contributed by atoms with Gasteiger partial charge in [0, 0.05) is 11.5 Å². The molecule has 98 valence electrons. The van der Waals surface area contributed by atoms with Crippen LogP contribution in [0.3, 0.4) is 0 Å². The van der Waals surface area contributed by atoms with E-state index in [4.69, 9.17) is 0 Å². The Morgan fingerprint density at radius 3 is 2.79 bits per heavy atom. The number of benzene rings is 1. The molecule has 2 aromatic rings. The molecule has 1 heterocycles. The molecule has 1 N–H and O–H groups in total. The standard InChI is InChI=1S/C14H12FNO2S/c1-7-2-5-9(10(15)6-7)13-16-11(8-3-4-8)12(19-13)14(17)18/h2,5-6,8H,3-4H2,1H3,(H,17,18). The van der Waals surface area contributed by atoms with Crippen molar-refractivity contribution in [1.29, 1.82) is 0 Å². The van der Waals surface area contributed by atoms with E-state index >= 15 is 0 Å². The van der Waals surface area contributed by atoms with Gasteiger partial charge in [0.1, 0.15) is 15.7 Å². The summed E-state index contributed by atoms with van der Waals surface area (Å²) in [4.78, 5) is 15.8. The Morgan fingerprint density at radius 2 is 2.21 bits per heavy atom. The van der Waals surface area contributed by atoms with Crippen LogP contribution < -0.4 is 0 Å². The molecular formula is C14H12FNO2S. The van der Waals surface area contributed by atoms with E-state index in [0.717, 1.165) is 29.7 Å². The van der Waals surface area contributed by atoms with Crippen LogP contribution in [0.5, 0.6) is 0 Å². The zero-order valence-electron chi connectivity index (χ0n) is 10.3. The van der Waals surface area contributed by atoms with Gasteiger partial charge in [0.2, 0.25) is 0 Å². The second kappa shape index (κ2) is 4.42. The lowest BCUT2D eigenvalue weighted by Crippen LogP contribution is -1.97. The first kappa shape index (κ1) is 12.3. The van der Waals surface area contributed by atoms with E-state index in [2.05, 4.69) is 4.98 Å². The number of aromatic carboxylic acids is 1. The highest BCUT2D eigenvalue weighted by atomic mass is 32.1. The van der Waals surface area contributed by atoms with Crippen molar-refractivity contribution in [3.05, 3.63) is 40.2 Å². The van der Waals surface area contributed by atoms with E-state index in [1.54, 1.807) is 12.1 Å². The molecule has 0 unspecified atom stereocenters. The zero-order chi connectivity index (χ0) is 13.6. The van der Waals surface area contributed by atoms with Gasteiger partial charge in [-0.2, -0.15) is 0 Å². The SMILES string of the molecule is Cc1ccc(-c2nc(C3CC3)c(C(=O)O)s2)c(F)c1. The number of halogens is 1. The number of nitrogens with zero attached hydrogens (tertiary/aromatic N) is 1. The maximum absolute atomic E-state index is 13.9. The predicted octanol–water partition coefficient (Wildman–Crippen LogP) is 3.83. The summed E-state index contributed by atoms with van der Waals surface area (Å²) in [7, 11) is 0. The Labute approximate surface area is 113 Å². The van der Waals surface area contributed by atoms with Gasteiger partial charge in [-0.25, -0.2) is 14.2 Å². The number of carboxylic acid groups (broad SMARTS) is 1. The third-order valence-corrected chi connectivity index (χ3v) is 4.26. The highest BCUT2D eigenvalue weighted by Gasteiger charge is 2.32. The molecule has 0 radical (unpaired) electrons. The Hall–Kier alpha value is -1.75. The Balaban J connectivity index is 2.10. The van der Waals surface area contributed by atoms with Gasteiger partial charge < -0.3 is 5.11 Å². The summed E-state index contributed by atoms with van der Waals surface area (Å²) in [6.45, 7) is 1.81. The van der Waals surface area contributed by atoms with Gasteiger partial charge in [0.25, 0.3) is 0 Å². The highest BCUT2D eigenvalue weighted by molar-refractivity contribution is 7.17. The van der Waals surface area contributed by atoms with Crippen molar-refractivity contribution < 1.29 is 14.3 Å². The van der Waals surface area contributed by atoms with E-state index in [-0.39, 0.29) is 16.6 Å². The van der Waals surface area contributed by atoms with Crippen LogP contribution in [-0.2, 0) is 0 Å². The maximum atomic E-state index is 13.9. The van der Waals surface area contributed by atoms with Gasteiger partial charge in [-0.1, -0.05) is 6.07 Å². The van der Waals surface area contributed by atoms with E-state index in [0.29, 0.717) is 16.3 Å². The summed E-state index contributed by atoms with van der Waals surface area (Å²) in [5.41, 5.74) is 1.83. The van der Waals surface area contributed by atoms with Crippen molar-refractivity contribution >= 4 is 17.3 Å². The molecule has 3 nitrogen and oxygen atoms in total. The lowest BCUT2D eigenvalue weighted by atomic mass is 10.1. The van der Waals surface area contributed by atoms with Crippen LogP contribution in [0.25, 0.3) is 10.6 Å². The number of aromatic nitrogens is 1. The molecule has 1 fully saturated rings. The van der Waals surface area contributed by atoms with Gasteiger partial charge in [0.15, 0.2) is 0 Å². The molecule has 1 aliphatic carbocycles. The number of rotatable bonds is 3. The third-order valence-electron chi connectivity index (χ3n) is 3.17. The van der Waals surface area contributed by atoms with Crippen molar-refractivity contribution in [2.45, 2.75) is 25.7 Å². The smallest absolute Gasteiger partial charge is 0.347 e. The summed E-state index contributed by atoms with van der Waals surface area (Å²) in [5, 5.41) is 9.65. The fourth-order valence-corrected chi connectivity index (χ4v) is 3.04. The summed E-state index contributed by atoms with van der Waals surface area (Å²) >= 11 is 1.06. The number of carbonyl (C=O) groups is 1. The fraction of sp³-hybridized carbons (Fsp3) is 0.286. The van der Waals surface area contributed by atoms with Crippen molar-refractivity contribution in [3.8, 4) is 10.6 Å². The van der Waals surface area contributed by atoms with E-state index in [9.17, 15) is 14.3 Å². The Bertz CT molecular complexity index is 661. The number of thiazole rings is 1. The molecule has 5 heteroatoms. The first-order chi connectivity index (χ1) is 9.06. The zero-order valence-corrected chi connectivity index (χ0v) is 11.1. The molecule has 1 aromatic heterocycles. The normalized spacial score (nSPS) is 14.6. The molecule has 0 spiro atoms. The van der Waals surface area contributed by atoms with Crippen molar-refractivity contribution in [1.82, 2.24) is 4.98 Å². The lowest BCUT2D eigenvalue weighted by molar-refractivity contribution is 0.0700. The minimum atomic E-state index is -0.974. The number of aryl methyl sites for hydroxylation is 1. The van der Waals surface area contributed by atoms with Gasteiger partial charge in [-0.15, -0.1) is 11.3 Å². The summed E-state index contributed by atoms with van der Waals surface area (Å²) in [6, 6.07) is 4.90. The molecular weight excluding hydrogens is 265 g/mol. The lowest BCUT2D eigenvalue weighted by Gasteiger charge is -1.99.